The van der Waals surface area contributed by atoms with E-state index in [9.17, 15) is 4.79 Å². The van der Waals surface area contributed by atoms with Gasteiger partial charge in [0.05, 0.1) is 26.0 Å². The Kier molecular flexibility index (Phi) is 6.62. The van der Waals surface area contributed by atoms with Crippen LogP contribution in [0.15, 0.2) is 46.9 Å². The van der Waals surface area contributed by atoms with Crippen molar-refractivity contribution >= 4 is 11.6 Å². The van der Waals surface area contributed by atoms with Gasteiger partial charge >= 0.3 is 0 Å². The Labute approximate surface area is 197 Å². The Morgan fingerprint density at radius 2 is 1.91 bits per heavy atom. The van der Waals surface area contributed by atoms with Gasteiger partial charge in [0.25, 0.3) is 5.91 Å². The number of carbonyl (C=O) groups excluding carboxylic acids is 1. The molecule has 0 bridgehead atoms. The molecule has 34 heavy (non-hydrogen) atoms. The molecule has 0 unspecified atom stereocenters. The van der Waals surface area contributed by atoms with E-state index in [1.807, 2.05) is 63.2 Å². The summed E-state index contributed by atoms with van der Waals surface area (Å²) in [6.07, 6.45) is 0. The molecule has 0 atom stereocenters. The lowest BCUT2D eigenvalue weighted by atomic mass is 10.2. The van der Waals surface area contributed by atoms with Crippen LogP contribution in [0, 0.1) is 20.8 Å². The number of amides is 1. The van der Waals surface area contributed by atoms with Crippen LogP contribution in [0.4, 0.5) is 5.69 Å². The molecular weight excluding hydrogens is 434 g/mol. The van der Waals surface area contributed by atoms with Crippen molar-refractivity contribution in [2.45, 2.75) is 34.2 Å². The third-order valence-corrected chi connectivity index (χ3v) is 5.49. The number of nitrogens with one attached hydrogen (secondary N) is 1. The van der Waals surface area contributed by atoms with Crippen molar-refractivity contribution in [2.24, 2.45) is 0 Å². The molecule has 0 aliphatic carbocycles. The molecule has 0 saturated carbocycles. The molecule has 4 aromatic rings. The van der Waals surface area contributed by atoms with Crippen molar-refractivity contribution in [1.82, 2.24) is 20.0 Å². The van der Waals surface area contributed by atoms with Gasteiger partial charge < -0.3 is 19.2 Å². The van der Waals surface area contributed by atoms with Gasteiger partial charge in [-0.05, 0) is 57.5 Å². The number of aryl methyl sites for hydroxylation is 2. The van der Waals surface area contributed by atoms with E-state index in [2.05, 4.69) is 20.6 Å². The number of hydrogen-bond acceptors (Lipinski definition) is 7. The molecular formula is C25H27N5O4. The van der Waals surface area contributed by atoms with Crippen molar-refractivity contribution in [2.75, 3.05) is 19.0 Å². The molecule has 0 fully saturated rings. The first kappa shape index (κ1) is 23.0. The lowest BCUT2D eigenvalue weighted by Crippen LogP contribution is -2.15. The predicted molar refractivity (Wildman–Crippen MR) is 127 cm³/mol. The lowest BCUT2D eigenvalue weighted by Gasteiger charge is -2.09. The summed E-state index contributed by atoms with van der Waals surface area (Å²) in [7, 11) is 1.59. The van der Waals surface area contributed by atoms with Crippen LogP contribution in [-0.4, -0.2) is 39.6 Å². The molecule has 4 rings (SSSR count). The summed E-state index contributed by atoms with van der Waals surface area (Å²) in [5.74, 6) is 2.07. The second-order valence-corrected chi connectivity index (χ2v) is 7.77. The van der Waals surface area contributed by atoms with Crippen LogP contribution in [0.2, 0.25) is 0 Å². The Bertz CT molecular complexity index is 1320. The van der Waals surface area contributed by atoms with Crippen LogP contribution in [-0.2, 0) is 6.54 Å². The number of aromatic nitrogens is 4. The van der Waals surface area contributed by atoms with E-state index in [-0.39, 0.29) is 11.6 Å². The van der Waals surface area contributed by atoms with E-state index < -0.39 is 0 Å². The molecule has 9 heteroatoms. The minimum atomic E-state index is -0.308. The standard InChI is InChI=1S/C25H27N5O4/c1-6-33-21-12-11-18(13-22(21)32-5)25-27-20(17(4)34-25)14-30-16(3)23(28-29-30)24(31)26-19-10-8-7-9-15(19)2/h7-13H,6,14H2,1-5H3,(H,26,31). The zero-order chi connectivity index (χ0) is 24.2. The number of ether oxygens (including phenoxy) is 2. The largest absolute Gasteiger partial charge is 0.493 e. The molecule has 2 aromatic carbocycles. The highest BCUT2D eigenvalue weighted by molar-refractivity contribution is 6.03. The minimum Gasteiger partial charge on any atom is -0.493 e. The highest BCUT2D eigenvalue weighted by Gasteiger charge is 2.20. The number of rotatable bonds is 8. The first-order valence-electron chi connectivity index (χ1n) is 11.0. The topological polar surface area (TPSA) is 104 Å². The van der Waals surface area contributed by atoms with E-state index in [0.29, 0.717) is 47.7 Å². The highest BCUT2D eigenvalue weighted by atomic mass is 16.5. The van der Waals surface area contributed by atoms with Crippen molar-refractivity contribution in [3.8, 4) is 23.0 Å². The van der Waals surface area contributed by atoms with Crippen LogP contribution >= 0.6 is 0 Å². The molecule has 0 aliphatic heterocycles. The van der Waals surface area contributed by atoms with Gasteiger partial charge in [0.1, 0.15) is 11.5 Å². The van der Waals surface area contributed by atoms with Gasteiger partial charge in [0, 0.05) is 11.3 Å². The van der Waals surface area contributed by atoms with Crippen LogP contribution in [0.5, 0.6) is 11.5 Å². The maximum absolute atomic E-state index is 12.8. The monoisotopic (exact) mass is 461 g/mol. The SMILES string of the molecule is CCOc1ccc(-c2nc(Cn3nnc(C(=O)Nc4ccccc4C)c3C)c(C)o2)cc1OC. The fourth-order valence-corrected chi connectivity index (χ4v) is 3.53. The molecule has 0 radical (unpaired) electrons. The number of hydrogen-bond donors (Lipinski definition) is 1. The smallest absolute Gasteiger partial charge is 0.278 e. The van der Waals surface area contributed by atoms with Gasteiger partial charge in [-0.25, -0.2) is 9.67 Å². The number of carbonyl (C=O) groups is 1. The molecule has 176 valence electrons. The van der Waals surface area contributed by atoms with Crippen molar-refractivity contribution in [1.29, 1.82) is 0 Å². The molecule has 0 aliphatic rings. The van der Waals surface area contributed by atoms with Crippen molar-refractivity contribution < 1.29 is 18.7 Å². The fraction of sp³-hybridized carbons (Fsp3) is 0.280. The number of oxazole rings is 1. The van der Waals surface area contributed by atoms with Gasteiger partial charge in [-0.2, -0.15) is 0 Å². The van der Waals surface area contributed by atoms with Crippen LogP contribution in [0.25, 0.3) is 11.5 Å². The van der Waals surface area contributed by atoms with Gasteiger partial charge in [-0.1, -0.05) is 23.4 Å². The number of methoxy groups -OCH3 is 1. The third kappa shape index (κ3) is 4.63. The first-order valence-corrected chi connectivity index (χ1v) is 11.0. The average molecular weight is 462 g/mol. The molecule has 9 nitrogen and oxygen atoms in total. The second kappa shape index (κ2) is 9.78. The maximum atomic E-state index is 12.8. The summed E-state index contributed by atoms with van der Waals surface area (Å²) >= 11 is 0. The van der Waals surface area contributed by atoms with Gasteiger partial charge in [-0.3, -0.25) is 4.79 Å². The van der Waals surface area contributed by atoms with E-state index in [0.717, 1.165) is 16.8 Å². The summed E-state index contributed by atoms with van der Waals surface area (Å²) < 4.78 is 18.6. The zero-order valence-corrected chi connectivity index (χ0v) is 19.9. The highest BCUT2D eigenvalue weighted by Crippen LogP contribution is 2.33. The normalized spacial score (nSPS) is 10.9. The Morgan fingerprint density at radius 3 is 2.65 bits per heavy atom. The van der Waals surface area contributed by atoms with Gasteiger partial charge in [0.15, 0.2) is 17.2 Å². The van der Waals surface area contributed by atoms with Crippen LogP contribution in [0.1, 0.15) is 40.1 Å². The Balaban J connectivity index is 1.54. The number of benzene rings is 2. The van der Waals surface area contributed by atoms with Crippen LogP contribution in [0.3, 0.4) is 0 Å². The second-order valence-electron chi connectivity index (χ2n) is 7.77. The molecule has 2 heterocycles. The van der Waals surface area contributed by atoms with Gasteiger partial charge in [-0.15, -0.1) is 5.10 Å². The van der Waals surface area contributed by atoms with Crippen molar-refractivity contribution in [3.63, 3.8) is 0 Å². The molecule has 1 amide bonds. The molecule has 2 aromatic heterocycles. The Hall–Kier alpha value is -4.14. The van der Waals surface area contributed by atoms with E-state index >= 15 is 0 Å². The van der Waals surface area contributed by atoms with E-state index in [4.69, 9.17) is 13.9 Å². The molecule has 0 spiro atoms. The van der Waals surface area contributed by atoms with E-state index in [1.54, 1.807) is 18.7 Å². The first-order chi connectivity index (χ1) is 16.4. The Morgan fingerprint density at radius 1 is 1.12 bits per heavy atom. The number of para-hydroxylation sites is 1. The summed E-state index contributed by atoms with van der Waals surface area (Å²) in [5, 5.41) is 11.2. The quantitative estimate of drug-likeness (QED) is 0.410. The average Bonchev–Trinajstić information content (AvgIpc) is 3.38. The molecule has 1 N–H and O–H groups in total. The maximum Gasteiger partial charge on any atom is 0.278 e. The van der Waals surface area contributed by atoms with Crippen molar-refractivity contribution in [3.05, 3.63) is 70.9 Å². The number of nitrogens with zero attached hydrogens (tertiary/aromatic N) is 4. The predicted octanol–water partition coefficient (Wildman–Crippen LogP) is 4.57. The lowest BCUT2D eigenvalue weighted by molar-refractivity contribution is 0.102. The third-order valence-electron chi connectivity index (χ3n) is 5.49. The van der Waals surface area contributed by atoms with Gasteiger partial charge in [0.2, 0.25) is 5.89 Å². The summed E-state index contributed by atoms with van der Waals surface area (Å²) in [5.41, 5.74) is 4.07. The summed E-state index contributed by atoms with van der Waals surface area (Å²) in [6.45, 7) is 8.36. The summed E-state index contributed by atoms with van der Waals surface area (Å²) in [6, 6.07) is 13.1. The summed E-state index contributed by atoms with van der Waals surface area (Å²) in [4.78, 5) is 17.4. The van der Waals surface area contributed by atoms with Crippen LogP contribution < -0.4 is 14.8 Å². The zero-order valence-electron chi connectivity index (χ0n) is 19.9. The number of anilines is 1. The minimum absolute atomic E-state index is 0.265. The molecule has 0 saturated heterocycles. The fourth-order valence-electron chi connectivity index (χ4n) is 3.53. The van der Waals surface area contributed by atoms with E-state index in [1.165, 1.54) is 0 Å².